The maximum atomic E-state index is 4.30. The van der Waals surface area contributed by atoms with Gasteiger partial charge in [-0.05, 0) is 55.8 Å². The number of anilines is 2. The second-order valence-electron chi connectivity index (χ2n) is 5.07. The SMILES string of the molecule is CCNCc1ccc(N(C)c2cc(C)cc(C)c2)nn1. The van der Waals surface area contributed by atoms with E-state index in [1.54, 1.807) is 0 Å². The van der Waals surface area contributed by atoms with Crippen molar-refractivity contribution < 1.29 is 0 Å². The normalized spacial score (nSPS) is 10.6. The van der Waals surface area contributed by atoms with Crippen molar-refractivity contribution in [3.8, 4) is 0 Å². The molecule has 2 rings (SSSR count). The van der Waals surface area contributed by atoms with Crippen molar-refractivity contribution >= 4 is 11.5 Å². The van der Waals surface area contributed by atoms with E-state index in [0.717, 1.165) is 30.3 Å². The number of hydrogen-bond acceptors (Lipinski definition) is 4. The van der Waals surface area contributed by atoms with Gasteiger partial charge in [-0.3, -0.25) is 0 Å². The van der Waals surface area contributed by atoms with E-state index in [0.29, 0.717) is 0 Å². The van der Waals surface area contributed by atoms with Crippen LogP contribution in [-0.2, 0) is 6.54 Å². The summed E-state index contributed by atoms with van der Waals surface area (Å²) in [6.45, 7) is 7.99. The van der Waals surface area contributed by atoms with E-state index >= 15 is 0 Å². The van der Waals surface area contributed by atoms with Crippen LogP contribution < -0.4 is 10.2 Å². The van der Waals surface area contributed by atoms with Crippen LogP contribution in [0.2, 0.25) is 0 Å². The fourth-order valence-electron chi connectivity index (χ4n) is 2.16. The Morgan fingerprint density at radius 3 is 2.30 bits per heavy atom. The highest BCUT2D eigenvalue weighted by molar-refractivity contribution is 5.60. The largest absolute Gasteiger partial charge is 0.328 e. The summed E-state index contributed by atoms with van der Waals surface area (Å²) < 4.78 is 0. The Hall–Kier alpha value is -1.94. The zero-order valence-electron chi connectivity index (χ0n) is 12.6. The van der Waals surface area contributed by atoms with Gasteiger partial charge in [-0.25, -0.2) is 0 Å². The smallest absolute Gasteiger partial charge is 0.155 e. The third-order valence-electron chi connectivity index (χ3n) is 3.20. The van der Waals surface area contributed by atoms with Crippen LogP contribution in [0, 0.1) is 13.8 Å². The number of benzene rings is 1. The number of aryl methyl sites for hydroxylation is 2. The molecule has 1 aromatic heterocycles. The predicted octanol–water partition coefficient (Wildman–Crippen LogP) is 2.97. The van der Waals surface area contributed by atoms with Gasteiger partial charge < -0.3 is 10.2 Å². The lowest BCUT2D eigenvalue weighted by Crippen LogP contribution is -2.15. The highest BCUT2D eigenvalue weighted by Gasteiger charge is 2.07. The molecule has 0 unspecified atom stereocenters. The quantitative estimate of drug-likeness (QED) is 0.907. The topological polar surface area (TPSA) is 41.0 Å². The van der Waals surface area contributed by atoms with Gasteiger partial charge in [-0.1, -0.05) is 13.0 Å². The van der Waals surface area contributed by atoms with Crippen LogP contribution in [0.25, 0.3) is 0 Å². The molecule has 0 aliphatic carbocycles. The number of nitrogens with zero attached hydrogens (tertiary/aromatic N) is 3. The molecule has 0 saturated heterocycles. The molecular weight excluding hydrogens is 248 g/mol. The van der Waals surface area contributed by atoms with E-state index < -0.39 is 0 Å². The van der Waals surface area contributed by atoms with E-state index in [1.165, 1.54) is 11.1 Å². The van der Waals surface area contributed by atoms with Crippen molar-refractivity contribution in [1.82, 2.24) is 15.5 Å². The van der Waals surface area contributed by atoms with E-state index in [9.17, 15) is 0 Å². The van der Waals surface area contributed by atoms with Crippen molar-refractivity contribution in [3.05, 3.63) is 47.2 Å². The first kappa shape index (κ1) is 14.5. The molecule has 106 valence electrons. The Morgan fingerprint density at radius 2 is 1.75 bits per heavy atom. The molecule has 0 aliphatic rings. The Kier molecular flexibility index (Phi) is 4.69. The molecule has 1 heterocycles. The van der Waals surface area contributed by atoms with E-state index in [1.807, 2.05) is 19.2 Å². The van der Waals surface area contributed by atoms with Gasteiger partial charge in [0, 0.05) is 19.3 Å². The van der Waals surface area contributed by atoms with Crippen LogP contribution in [0.5, 0.6) is 0 Å². The van der Waals surface area contributed by atoms with Crippen LogP contribution in [-0.4, -0.2) is 23.8 Å². The van der Waals surface area contributed by atoms with Crippen LogP contribution in [0.15, 0.2) is 30.3 Å². The Morgan fingerprint density at radius 1 is 1.05 bits per heavy atom. The molecule has 0 saturated carbocycles. The third-order valence-corrected chi connectivity index (χ3v) is 3.20. The summed E-state index contributed by atoms with van der Waals surface area (Å²) in [5, 5.41) is 11.8. The van der Waals surface area contributed by atoms with E-state index in [4.69, 9.17) is 0 Å². The first-order chi connectivity index (χ1) is 9.60. The van der Waals surface area contributed by atoms with Crippen molar-refractivity contribution in [2.24, 2.45) is 0 Å². The fourth-order valence-corrected chi connectivity index (χ4v) is 2.16. The summed E-state index contributed by atoms with van der Waals surface area (Å²) >= 11 is 0. The molecule has 1 N–H and O–H groups in total. The van der Waals surface area contributed by atoms with Gasteiger partial charge in [0.25, 0.3) is 0 Å². The van der Waals surface area contributed by atoms with Crippen LogP contribution in [0.1, 0.15) is 23.7 Å². The summed E-state index contributed by atoms with van der Waals surface area (Å²) in [5.74, 6) is 0.857. The standard InChI is InChI=1S/C16H22N4/c1-5-17-11-14-6-7-16(19-18-14)20(4)15-9-12(2)8-13(3)10-15/h6-10,17H,5,11H2,1-4H3. The zero-order valence-corrected chi connectivity index (χ0v) is 12.6. The minimum Gasteiger partial charge on any atom is -0.328 e. The van der Waals surface area contributed by atoms with Crippen molar-refractivity contribution in [2.45, 2.75) is 27.3 Å². The predicted molar refractivity (Wildman–Crippen MR) is 83.4 cm³/mol. The van der Waals surface area contributed by atoms with E-state index in [2.05, 4.69) is 59.4 Å². The molecule has 0 amide bonds. The number of nitrogens with one attached hydrogen (secondary N) is 1. The first-order valence-electron chi connectivity index (χ1n) is 6.95. The Labute approximate surface area is 120 Å². The summed E-state index contributed by atoms with van der Waals surface area (Å²) in [7, 11) is 2.02. The molecule has 0 radical (unpaired) electrons. The molecule has 0 aliphatic heterocycles. The van der Waals surface area contributed by atoms with Gasteiger partial charge >= 0.3 is 0 Å². The number of rotatable bonds is 5. The zero-order chi connectivity index (χ0) is 14.5. The van der Waals surface area contributed by atoms with E-state index in [-0.39, 0.29) is 0 Å². The lowest BCUT2D eigenvalue weighted by Gasteiger charge is -2.19. The molecular formula is C16H22N4. The molecule has 2 aromatic rings. The summed E-state index contributed by atoms with van der Waals surface area (Å²) in [4.78, 5) is 2.06. The van der Waals surface area contributed by atoms with Gasteiger partial charge in [0.15, 0.2) is 5.82 Å². The number of hydrogen-bond donors (Lipinski definition) is 1. The second kappa shape index (κ2) is 6.48. The average Bonchev–Trinajstić information content (AvgIpc) is 2.44. The van der Waals surface area contributed by atoms with Gasteiger partial charge in [-0.2, -0.15) is 5.10 Å². The molecule has 1 aromatic carbocycles. The minimum absolute atomic E-state index is 0.761. The molecule has 4 heteroatoms. The third kappa shape index (κ3) is 3.54. The Balaban J connectivity index is 2.17. The summed E-state index contributed by atoms with van der Waals surface area (Å²) in [6.07, 6.45) is 0. The monoisotopic (exact) mass is 270 g/mol. The van der Waals surface area contributed by atoms with Crippen molar-refractivity contribution in [2.75, 3.05) is 18.5 Å². The number of aromatic nitrogens is 2. The summed E-state index contributed by atoms with van der Waals surface area (Å²) in [6, 6.07) is 10.5. The van der Waals surface area contributed by atoms with Crippen molar-refractivity contribution in [1.29, 1.82) is 0 Å². The maximum absolute atomic E-state index is 4.30. The van der Waals surface area contributed by atoms with Gasteiger partial charge in [-0.15, -0.1) is 5.10 Å². The molecule has 0 atom stereocenters. The average molecular weight is 270 g/mol. The molecule has 4 nitrogen and oxygen atoms in total. The summed E-state index contributed by atoms with van der Waals surface area (Å²) in [5.41, 5.74) is 4.60. The molecule has 0 bridgehead atoms. The van der Waals surface area contributed by atoms with Crippen LogP contribution in [0.4, 0.5) is 11.5 Å². The highest BCUT2D eigenvalue weighted by atomic mass is 15.2. The van der Waals surface area contributed by atoms with Gasteiger partial charge in [0.05, 0.1) is 5.69 Å². The molecule has 0 fully saturated rings. The fraction of sp³-hybridized carbons (Fsp3) is 0.375. The lowest BCUT2D eigenvalue weighted by molar-refractivity contribution is 0.698. The lowest BCUT2D eigenvalue weighted by atomic mass is 10.1. The Bertz CT molecular complexity index is 543. The second-order valence-corrected chi connectivity index (χ2v) is 5.07. The molecule has 0 spiro atoms. The van der Waals surface area contributed by atoms with Gasteiger partial charge in [0.2, 0.25) is 0 Å². The highest BCUT2D eigenvalue weighted by Crippen LogP contribution is 2.23. The first-order valence-corrected chi connectivity index (χ1v) is 6.95. The maximum Gasteiger partial charge on any atom is 0.155 e. The van der Waals surface area contributed by atoms with Crippen LogP contribution >= 0.6 is 0 Å². The molecule has 20 heavy (non-hydrogen) atoms. The minimum atomic E-state index is 0.761. The van der Waals surface area contributed by atoms with Crippen molar-refractivity contribution in [3.63, 3.8) is 0 Å². The van der Waals surface area contributed by atoms with Gasteiger partial charge in [0.1, 0.15) is 0 Å². The van der Waals surface area contributed by atoms with Crippen LogP contribution in [0.3, 0.4) is 0 Å².